The van der Waals surface area contributed by atoms with Crippen molar-refractivity contribution >= 4 is 5.91 Å². The molecule has 0 spiro atoms. The molecule has 6 heteroatoms. The van der Waals surface area contributed by atoms with Gasteiger partial charge in [0.15, 0.2) is 5.82 Å². The van der Waals surface area contributed by atoms with Crippen molar-refractivity contribution in [2.45, 2.75) is 37.5 Å². The molecule has 2 aliphatic carbocycles. The van der Waals surface area contributed by atoms with Crippen molar-refractivity contribution in [1.29, 1.82) is 5.26 Å². The number of carbonyl (C=O) groups excluding carboxylic acids is 1. The third-order valence-electron chi connectivity index (χ3n) is 5.93. The summed E-state index contributed by atoms with van der Waals surface area (Å²) in [5.74, 6) is 3.83. The first kappa shape index (κ1) is 15.6. The van der Waals surface area contributed by atoms with Crippen LogP contribution in [-0.2, 0) is 0 Å². The van der Waals surface area contributed by atoms with E-state index in [1.807, 2.05) is 4.90 Å². The van der Waals surface area contributed by atoms with Crippen LogP contribution >= 0.6 is 0 Å². The van der Waals surface area contributed by atoms with Gasteiger partial charge in [-0.25, -0.2) is 4.98 Å². The number of benzene rings is 1. The van der Waals surface area contributed by atoms with Crippen molar-refractivity contribution in [2.24, 2.45) is 11.8 Å². The number of rotatable bonds is 4. The Morgan fingerprint density at radius 2 is 2.08 bits per heavy atom. The summed E-state index contributed by atoms with van der Waals surface area (Å²) >= 11 is 0. The van der Waals surface area contributed by atoms with Gasteiger partial charge in [-0.3, -0.25) is 9.89 Å². The van der Waals surface area contributed by atoms with Crippen molar-refractivity contribution in [3.8, 4) is 6.07 Å². The lowest BCUT2D eigenvalue weighted by atomic mass is 9.91. The Morgan fingerprint density at radius 3 is 2.81 bits per heavy atom. The van der Waals surface area contributed by atoms with Crippen molar-refractivity contribution in [1.82, 2.24) is 20.1 Å². The first-order chi connectivity index (χ1) is 12.7. The van der Waals surface area contributed by atoms with E-state index in [0.717, 1.165) is 18.2 Å². The zero-order valence-electron chi connectivity index (χ0n) is 14.6. The number of aromatic amines is 1. The summed E-state index contributed by atoms with van der Waals surface area (Å²) in [4.78, 5) is 19.7. The van der Waals surface area contributed by atoms with Crippen LogP contribution < -0.4 is 0 Å². The monoisotopic (exact) mass is 347 g/mol. The number of nitrogens with one attached hydrogen (secondary N) is 1. The van der Waals surface area contributed by atoms with E-state index < -0.39 is 0 Å². The molecule has 1 amide bonds. The van der Waals surface area contributed by atoms with E-state index in [1.54, 1.807) is 24.3 Å². The van der Waals surface area contributed by atoms with Gasteiger partial charge < -0.3 is 4.90 Å². The minimum Gasteiger partial charge on any atom is -0.338 e. The molecule has 1 N–H and O–H groups in total. The highest BCUT2D eigenvalue weighted by Crippen LogP contribution is 2.47. The summed E-state index contributed by atoms with van der Waals surface area (Å²) in [7, 11) is 0. The lowest BCUT2D eigenvalue weighted by Crippen LogP contribution is -2.29. The van der Waals surface area contributed by atoms with Crippen LogP contribution in [0.3, 0.4) is 0 Å². The van der Waals surface area contributed by atoms with E-state index in [0.29, 0.717) is 35.4 Å². The van der Waals surface area contributed by atoms with Crippen molar-refractivity contribution < 1.29 is 4.79 Å². The molecule has 1 aromatic carbocycles. The standard InChI is InChI=1S/C20H21N5O/c21-9-12-2-1-3-15(8-12)20(26)25-10-16(13-4-5-13)17(11-25)19-22-18(23-24-19)14-6-7-14/h1-3,8,13-14,16-17H,4-7,10-11H2,(H,22,23,24)/t16-,17+/m1/s1. The maximum absolute atomic E-state index is 13.0. The van der Waals surface area contributed by atoms with E-state index in [1.165, 1.54) is 25.7 Å². The van der Waals surface area contributed by atoms with E-state index in [4.69, 9.17) is 10.2 Å². The SMILES string of the molecule is N#Cc1cccc(C(=O)N2C[C@H](c3nc(C4CC4)n[nH]3)[C@@H](C3CC3)C2)c1. The Hall–Kier alpha value is -2.68. The minimum atomic E-state index is 0.0113. The topological polar surface area (TPSA) is 85.7 Å². The molecule has 26 heavy (non-hydrogen) atoms. The molecule has 2 heterocycles. The highest BCUT2D eigenvalue weighted by Gasteiger charge is 2.46. The predicted molar refractivity (Wildman–Crippen MR) is 94.4 cm³/mol. The molecule has 2 saturated carbocycles. The lowest BCUT2D eigenvalue weighted by Gasteiger charge is -2.16. The lowest BCUT2D eigenvalue weighted by molar-refractivity contribution is 0.0784. The number of aromatic nitrogens is 3. The molecular formula is C20H21N5O. The summed E-state index contributed by atoms with van der Waals surface area (Å²) in [5, 5.41) is 16.7. The molecule has 1 saturated heterocycles. The smallest absolute Gasteiger partial charge is 0.253 e. The molecule has 0 bridgehead atoms. The Morgan fingerprint density at radius 1 is 1.23 bits per heavy atom. The average Bonchev–Trinajstić information content (AvgIpc) is 3.61. The van der Waals surface area contributed by atoms with E-state index >= 15 is 0 Å². The van der Waals surface area contributed by atoms with Crippen LogP contribution in [0.4, 0.5) is 0 Å². The average molecular weight is 347 g/mol. The summed E-state index contributed by atoms with van der Waals surface area (Å²) in [6.07, 6.45) is 4.87. The Labute approximate surface area is 152 Å². The second-order valence-corrected chi connectivity index (χ2v) is 7.86. The first-order valence-electron chi connectivity index (χ1n) is 9.44. The molecule has 0 radical (unpaired) electrons. The fourth-order valence-electron chi connectivity index (χ4n) is 4.17. The molecule has 3 fully saturated rings. The fourth-order valence-corrected chi connectivity index (χ4v) is 4.17. The number of nitriles is 1. The van der Waals surface area contributed by atoms with Gasteiger partial charge >= 0.3 is 0 Å². The first-order valence-corrected chi connectivity index (χ1v) is 9.44. The zero-order valence-corrected chi connectivity index (χ0v) is 14.6. The minimum absolute atomic E-state index is 0.0113. The quantitative estimate of drug-likeness (QED) is 0.921. The van der Waals surface area contributed by atoms with Crippen molar-refractivity contribution in [2.75, 3.05) is 13.1 Å². The molecule has 6 nitrogen and oxygen atoms in total. The van der Waals surface area contributed by atoms with Gasteiger partial charge in [0, 0.05) is 30.5 Å². The summed E-state index contributed by atoms with van der Waals surface area (Å²) < 4.78 is 0. The van der Waals surface area contributed by atoms with Crippen LogP contribution in [0.5, 0.6) is 0 Å². The van der Waals surface area contributed by atoms with Crippen molar-refractivity contribution in [3.05, 3.63) is 47.0 Å². The van der Waals surface area contributed by atoms with E-state index in [9.17, 15) is 4.79 Å². The van der Waals surface area contributed by atoms with E-state index in [-0.39, 0.29) is 11.8 Å². The second kappa shape index (κ2) is 5.94. The number of hydrogen-bond acceptors (Lipinski definition) is 4. The van der Waals surface area contributed by atoms with Gasteiger partial charge in [-0.15, -0.1) is 0 Å². The van der Waals surface area contributed by atoms with Gasteiger partial charge in [0.1, 0.15) is 5.82 Å². The molecule has 5 rings (SSSR count). The van der Waals surface area contributed by atoms with Gasteiger partial charge in [-0.05, 0) is 55.7 Å². The fraction of sp³-hybridized carbons (Fsp3) is 0.500. The summed E-state index contributed by atoms with van der Waals surface area (Å²) in [6.45, 7) is 1.44. The van der Waals surface area contributed by atoms with Gasteiger partial charge in [0.2, 0.25) is 0 Å². The number of likely N-dealkylation sites (tertiary alicyclic amines) is 1. The van der Waals surface area contributed by atoms with Crippen LogP contribution in [0, 0.1) is 23.2 Å². The van der Waals surface area contributed by atoms with Crippen LogP contribution in [0.15, 0.2) is 24.3 Å². The molecular weight excluding hydrogens is 326 g/mol. The molecule has 132 valence electrons. The third kappa shape index (κ3) is 2.78. The Bertz CT molecular complexity index is 890. The second-order valence-electron chi connectivity index (χ2n) is 7.86. The molecule has 3 aliphatic rings. The van der Waals surface area contributed by atoms with Gasteiger partial charge in [-0.1, -0.05) is 6.07 Å². The number of hydrogen-bond donors (Lipinski definition) is 1. The van der Waals surface area contributed by atoms with Gasteiger partial charge in [0.05, 0.1) is 11.6 Å². The maximum atomic E-state index is 13.0. The van der Waals surface area contributed by atoms with E-state index in [2.05, 4.69) is 16.3 Å². The predicted octanol–water partition coefficient (Wildman–Crippen LogP) is 2.82. The Kier molecular flexibility index (Phi) is 3.56. The number of amides is 1. The number of nitrogens with zero attached hydrogens (tertiary/aromatic N) is 4. The van der Waals surface area contributed by atoms with Crippen molar-refractivity contribution in [3.63, 3.8) is 0 Å². The van der Waals surface area contributed by atoms with Crippen LogP contribution in [0.25, 0.3) is 0 Å². The Balaban J connectivity index is 1.38. The van der Waals surface area contributed by atoms with Crippen LogP contribution in [0.1, 0.15) is 65.1 Å². The number of H-pyrrole nitrogens is 1. The maximum Gasteiger partial charge on any atom is 0.253 e. The molecule has 2 atom stereocenters. The molecule has 1 aliphatic heterocycles. The molecule has 1 aromatic heterocycles. The number of carbonyl (C=O) groups is 1. The van der Waals surface area contributed by atoms with Crippen LogP contribution in [0.2, 0.25) is 0 Å². The molecule has 0 unspecified atom stereocenters. The summed E-state index contributed by atoms with van der Waals surface area (Å²) in [6, 6.07) is 9.09. The van der Waals surface area contributed by atoms with Gasteiger partial charge in [-0.2, -0.15) is 10.4 Å². The highest BCUT2D eigenvalue weighted by molar-refractivity contribution is 5.94. The molecule has 2 aromatic rings. The highest BCUT2D eigenvalue weighted by atomic mass is 16.2. The normalized spacial score (nSPS) is 25.3. The van der Waals surface area contributed by atoms with Gasteiger partial charge in [0.25, 0.3) is 5.91 Å². The third-order valence-corrected chi connectivity index (χ3v) is 5.93. The largest absolute Gasteiger partial charge is 0.338 e. The summed E-state index contributed by atoms with van der Waals surface area (Å²) in [5.41, 5.74) is 1.12. The van der Waals surface area contributed by atoms with Crippen LogP contribution in [-0.4, -0.2) is 39.1 Å². The zero-order chi connectivity index (χ0) is 17.7.